The number of aryl methyl sites for hydroxylation is 1. The lowest BCUT2D eigenvalue weighted by molar-refractivity contribution is -0.118. The minimum absolute atomic E-state index is 0.0916. The largest absolute Gasteiger partial charge is 0.492 e. The van der Waals surface area contributed by atoms with Crippen LogP contribution in [0.5, 0.6) is 5.75 Å². The van der Waals surface area contributed by atoms with Gasteiger partial charge in [-0.15, -0.1) is 0 Å². The fraction of sp³-hybridized carbons (Fsp3) is 0.381. The minimum Gasteiger partial charge on any atom is -0.492 e. The molecule has 0 aliphatic carbocycles. The molecule has 128 valence electrons. The van der Waals surface area contributed by atoms with Gasteiger partial charge in [0.2, 0.25) is 0 Å². The number of benzene rings is 2. The molecule has 0 fully saturated rings. The van der Waals surface area contributed by atoms with Crippen molar-refractivity contribution in [3.05, 3.63) is 65.2 Å². The molecular formula is C21H27NO2. The molecule has 3 nitrogen and oxygen atoms in total. The van der Waals surface area contributed by atoms with Crippen LogP contribution in [0.2, 0.25) is 0 Å². The second kappa shape index (κ2) is 8.65. The van der Waals surface area contributed by atoms with E-state index >= 15 is 0 Å². The smallest absolute Gasteiger partial charge is 0.137 e. The molecule has 0 spiro atoms. The number of nitrogens with zero attached hydrogens (tertiary/aromatic N) is 1. The summed E-state index contributed by atoms with van der Waals surface area (Å²) in [4.78, 5) is 14.2. The highest BCUT2D eigenvalue weighted by Gasteiger charge is 2.17. The third-order valence-electron chi connectivity index (χ3n) is 4.14. The van der Waals surface area contributed by atoms with Crippen molar-refractivity contribution in [1.82, 2.24) is 4.90 Å². The summed E-state index contributed by atoms with van der Waals surface area (Å²) >= 11 is 0. The van der Waals surface area contributed by atoms with E-state index in [-0.39, 0.29) is 11.7 Å². The Morgan fingerprint density at radius 1 is 1.04 bits per heavy atom. The summed E-state index contributed by atoms with van der Waals surface area (Å²) in [5.74, 6) is 0.978. The molecule has 24 heavy (non-hydrogen) atoms. The van der Waals surface area contributed by atoms with Gasteiger partial charge in [0.1, 0.15) is 18.1 Å². The highest BCUT2D eigenvalue weighted by molar-refractivity contribution is 5.83. The minimum atomic E-state index is -0.0916. The molecule has 1 atom stereocenters. The van der Waals surface area contributed by atoms with Crippen LogP contribution in [0.1, 0.15) is 29.5 Å². The normalized spacial score (nSPS) is 12.2. The van der Waals surface area contributed by atoms with Crippen molar-refractivity contribution in [3.8, 4) is 5.75 Å². The molecule has 0 saturated heterocycles. The number of carbonyl (C=O) groups excluding carboxylic acids is 1. The van der Waals surface area contributed by atoms with Gasteiger partial charge in [-0.05, 0) is 57.6 Å². The fourth-order valence-electron chi connectivity index (χ4n) is 2.60. The molecule has 0 aromatic heterocycles. The van der Waals surface area contributed by atoms with Crippen LogP contribution in [-0.2, 0) is 11.2 Å². The highest BCUT2D eigenvalue weighted by Crippen LogP contribution is 2.24. The first-order valence-corrected chi connectivity index (χ1v) is 8.39. The molecule has 0 amide bonds. The number of hydrogen-bond acceptors (Lipinski definition) is 3. The number of carbonyl (C=O) groups is 1. The number of ketones is 1. The van der Waals surface area contributed by atoms with Crippen molar-refractivity contribution in [2.45, 2.75) is 26.2 Å². The number of rotatable bonds is 8. The summed E-state index contributed by atoms with van der Waals surface area (Å²) < 4.78 is 5.71. The zero-order chi connectivity index (χ0) is 17.5. The quantitative estimate of drug-likeness (QED) is 0.738. The van der Waals surface area contributed by atoms with Crippen molar-refractivity contribution in [1.29, 1.82) is 0 Å². The molecule has 0 saturated carbocycles. The van der Waals surface area contributed by atoms with Gasteiger partial charge in [0, 0.05) is 12.5 Å². The number of ether oxygens (including phenoxy) is 1. The van der Waals surface area contributed by atoms with E-state index in [0.717, 1.165) is 29.8 Å². The summed E-state index contributed by atoms with van der Waals surface area (Å²) in [6, 6.07) is 16.3. The van der Waals surface area contributed by atoms with Crippen molar-refractivity contribution in [3.63, 3.8) is 0 Å². The van der Waals surface area contributed by atoms with Crippen LogP contribution in [-0.4, -0.2) is 37.9 Å². The van der Waals surface area contributed by atoms with Crippen LogP contribution >= 0.6 is 0 Å². The predicted octanol–water partition coefficient (Wildman–Crippen LogP) is 3.85. The Balaban J connectivity index is 2.02. The van der Waals surface area contributed by atoms with E-state index in [4.69, 9.17) is 4.74 Å². The summed E-state index contributed by atoms with van der Waals surface area (Å²) in [5, 5.41) is 0. The molecule has 0 bridgehead atoms. The molecule has 3 heteroatoms. The first-order chi connectivity index (χ1) is 11.5. The second-order valence-electron chi connectivity index (χ2n) is 6.57. The Kier molecular flexibility index (Phi) is 6.56. The molecule has 2 aromatic rings. The van der Waals surface area contributed by atoms with Crippen LogP contribution in [0.4, 0.5) is 0 Å². The van der Waals surface area contributed by atoms with E-state index in [9.17, 15) is 4.79 Å². The molecule has 0 N–H and O–H groups in total. The van der Waals surface area contributed by atoms with E-state index in [2.05, 4.69) is 48.2 Å². The zero-order valence-corrected chi connectivity index (χ0v) is 15.1. The van der Waals surface area contributed by atoms with Crippen LogP contribution in [0, 0.1) is 6.92 Å². The first-order valence-electron chi connectivity index (χ1n) is 8.39. The van der Waals surface area contributed by atoms with Gasteiger partial charge in [-0.2, -0.15) is 0 Å². The molecule has 0 aliphatic heterocycles. The SMILES string of the molecule is CC(=O)C(Cc1ccc(OCCN(C)C)cc1)c1ccc(C)cc1. The lowest BCUT2D eigenvalue weighted by atomic mass is 9.88. The fourth-order valence-corrected chi connectivity index (χ4v) is 2.60. The Labute approximate surface area is 145 Å². The lowest BCUT2D eigenvalue weighted by Crippen LogP contribution is -2.19. The second-order valence-corrected chi connectivity index (χ2v) is 6.57. The van der Waals surface area contributed by atoms with Gasteiger partial charge in [-0.1, -0.05) is 42.0 Å². The average molecular weight is 325 g/mol. The summed E-state index contributed by atoms with van der Waals surface area (Å²) in [7, 11) is 4.05. The summed E-state index contributed by atoms with van der Waals surface area (Å²) in [5.41, 5.74) is 3.44. The van der Waals surface area contributed by atoms with E-state index in [1.807, 2.05) is 26.2 Å². The predicted molar refractivity (Wildman–Crippen MR) is 98.8 cm³/mol. The molecule has 0 aliphatic rings. The van der Waals surface area contributed by atoms with Crippen molar-refractivity contribution >= 4 is 5.78 Å². The zero-order valence-electron chi connectivity index (χ0n) is 15.1. The Hall–Kier alpha value is -2.13. The maximum absolute atomic E-state index is 12.1. The Bertz CT molecular complexity index is 645. The molecule has 2 aromatic carbocycles. The third kappa shape index (κ3) is 5.50. The first kappa shape index (κ1) is 18.2. The Morgan fingerprint density at radius 3 is 2.21 bits per heavy atom. The topological polar surface area (TPSA) is 29.5 Å². The number of hydrogen-bond donors (Lipinski definition) is 0. The molecule has 2 rings (SSSR count). The maximum Gasteiger partial charge on any atom is 0.137 e. The highest BCUT2D eigenvalue weighted by atomic mass is 16.5. The number of likely N-dealkylation sites (N-methyl/N-ethyl adjacent to an activating group) is 1. The summed E-state index contributed by atoms with van der Waals surface area (Å²) in [6.45, 7) is 5.29. The van der Waals surface area contributed by atoms with Crippen molar-refractivity contribution in [2.24, 2.45) is 0 Å². The lowest BCUT2D eigenvalue weighted by Gasteiger charge is -2.15. The monoisotopic (exact) mass is 325 g/mol. The average Bonchev–Trinajstić information content (AvgIpc) is 2.54. The summed E-state index contributed by atoms with van der Waals surface area (Å²) in [6.07, 6.45) is 0.719. The van der Waals surface area contributed by atoms with Crippen LogP contribution < -0.4 is 4.74 Å². The van der Waals surface area contributed by atoms with Gasteiger partial charge in [0.25, 0.3) is 0 Å². The molecule has 1 unspecified atom stereocenters. The van der Waals surface area contributed by atoms with E-state index in [0.29, 0.717) is 6.61 Å². The Morgan fingerprint density at radius 2 is 1.67 bits per heavy atom. The van der Waals surface area contributed by atoms with E-state index < -0.39 is 0 Å². The maximum atomic E-state index is 12.1. The third-order valence-corrected chi connectivity index (χ3v) is 4.14. The van der Waals surface area contributed by atoms with Gasteiger partial charge in [0.05, 0.1) is 0 Å². The van der Waals surface area contributed by atoms with Gasteiger partial charge >= 0.3 is 0 Å². The van der Waals surface area contributed by atoms with Gasteiger partial charge in [-0.25, -0.2) is 0 Å². The van der Waals surface area contributed by atoms with E-state index in [1.54, 1.807) is 6.92 Å². The van der Waals surface area contributed by atoms with Gasteiger partial charge in [0.15, 0.2) is 0 Å². The van der Waals surface area contributed by atoms with Crippen LogP contribution in [0.3, 0.4) is 0 Å². The standard InChI is InChI=1S/C21H27NO2/c1-16-5-9-19(10-6-16)21(17(2)23)15-18-7-11-20(12-8-18)24-14-13-22(3)4/h5-12,21H,13-15H2,1-4H3. The molecule has 0 heterocycles. The molecular weight excluding hydrogens is 298 g/mol. The van der Waals surface area contributed by atoms with Crippen LogP contribution in [0.25, 0.3) is 0 Å². The molecule has 0 radical (unpaired) electrons. The number of Topliss-reactive ketones (excluding diaryl/α,β-unsaturated/α-hetero) is 1. The van der Waals surface area contributed by atoms with Crippen LogP contribution in [0.15, 0.2) is 48.5 Å². The van der Waals surface area contributed by atoms with Gasteiger partial charge < -0.3 is 9.64 Å². The van der Waals surface area contributed by atoms with Crippen molar-refractivity contribution in [2.75, 3.05) is 27.2 Å². The van der Waals surface area contributed by atoms with Crippen molar-refractivity contribution < 1.29 is 9.53 Å². The van der Waals surface area contributed by atoms with Gasteiger partial charge in [-0.3, -0.25) is 4.79 Å². The van der Waals surface area contributed by atoms with E-state index in [1.165, 1.54) is 5.56 Å².